The number of ketones is 1. The fourth-order valence-corrected chi connectivity index (χ4v) is 2.39. The SMILES string of the molecule is CC(C)(C)OC(=O)N[C@@H](C[C@H]1CCCO1)C(=O)[C@@]1(C)CO1. The molecular weight excluding hydrogens is 274 g/mol. The minimum atomic E-state index is -0.766. The average molecular weight is 299 g/mol. The maximum Gasteiger partial charge on any atom is 0.408 e. The Kier molecular flexibility index (Phi) is 4.58. The molecule has 6 nitrogen and oxygen atoms in total. The van der Waals surface area contributed by atoms with E-state index in [1.165, 1.54) is 0 Å². The van der Waals surface area contributed by atoms with Gasteiger partial charge in [-0.25, -0.2) is 4.79 Å². The Balaban J connectivity index is 1.97. The zero-order chi connectivity index (χ0) is 15.7. The smallest absolute Gasteiger partial charge is 0.408 e. The van der Waals surface area contributed by atoms with Crippen LogP contribution in [0.1, 0.15) is 47.0 Å². The highest BCUT2D eigenvalue weighted by atomic mass is 16.6. The van der Waals surface area contributed by atoms with Crippen LogP contribution in [0.5, 0.6) is 0 Å². The van der Waals surface area contributed by atoms with Crippen LogP contribution in [-0.2, 0) is 19.0 Å². The summed E-state index contributed by atoms with van der Waals surface area (Å²) in [5.74, 6) is -0.108. The lowest BCUT2D eigenvalue weighted by Gasteiger charge is -2.25. The molecular formula is C15H25NO5. The van der Waals surface area contributed by atoms with E-state index in [-0.39, 0.29) is 11.9 Å². The zero-order valence-electron chi connectivity index (χ0n) is 13.2. The normalized spacial score (nSPS) is 29.8. The molecule has 120 valence electrons. The first-order valence-corrected chi connectivity index (χ1v) is 7.49. The van der Waals surface area contributed by atoms with Crippen molar-refractivity contribution >= 4 is 11.9 Å². The third-order valence-electron chi connectivity index (χ3n) is 3.63. The van der Waals surface area contributed by atoms with Crippen LogP contribution in [0, 0.1) is 0 Å². The second-order valence-corrected chi connectivity index (χ2v) is 6.95. The molecule has 0 aromatic heterocycles. The molecule has 3 atom stereocenters. The predicted octanol–water partition coefficient (Wildman–Crippen LogP) is 1.81. The molecule has 21 heavy (non-hydrogen) atoms. The second kappa shape index (κ2) is 5.93. The Hall–Kier alpha value is -1.14. The van der Waals surface area contributed by atoms with Crippen molar-refractivity contribution in [3.05, 3.63) is 0 Å². The second-order valence-electron chi connectivity index (χ2n) is 6.95. The third-order valence-corrected chi connectivity index (χ3v) is 3.63. The minimum Gasteiger partial charge on any atom is -0.444 e. The maximum absolute atomic E-state index is 12.5. The topological polar surface area (TPSA) is 77.2 Å². The van der Waals surface area contributed by atoms with Crippen molar-refractivity contribution in [2.24, 2.45) is 0 Å². The predicted molar refractivity (Wildman–Crippen MR) is 76.1 cm³/mol. The third kappa shape index (κ3) is 4.68. The first-order valence-electron chi connectivity index (χ1n) is 7.49. The highest BCUT2D eigenvalue weighted by Gasteiger charge is 2.50. The minimum absolute atomic E-state index is 0.0104. The fourth-order valence-electron chi connectivity index (χ4n) is 2.39. The van der Waals surface area contributed by atoms with Gasteiger partial charge in [0.1, 0.15) is 11.2 Å². The fraction of sp³-hybridized carbons (Fsp3) is 0.867. The maximum atomic E-state index is 12.5. The van der Waals surface area contributed by atoms with Crippen LogP contribution >= 0.6 is 0 Å². The van der Waals surface area contributed by atoms with Crippen molar-refractivity contribution in [3.63, 3.8) is 0 Å². The number of hydrogen-bond donors (Lipinski definition) is 1. The van der Waals surface area contributed by atoms with Crippen LogP contribution in [0.3, 0.4) is 0 Å². The molecule has 2 rings (SSSR count). The molecule has 0 bridgehead atoms. The summed E-state index contributed by atoms with van der Waals surface area (Å²) in [7, 11) is 0. The standard InChI is InChI=1S/C15H25NO5/c1-14(2,3)21-13(18)16-11(8-10-6-5-7-19-10)12(17)15(4)9-20-15/h10-11H,5-9H2,1-4H3,(H,16,18)/t10-,11+,15-/m1/s1. The van der Waals surface area contributed by atoms with Gasteiger partial charge in [-0.05, 0) is 40.5 Å². The molecule has 2 saturated heterocycles. The van der Waals surface area contributed by atoms with Crippen molar-refractivity contribution in [1.29, 1.82) is 0 Å². The molecule has 0 radical (unpaired) electrons. The number of carbonyl (C=O) groups is 2. The largest absolute Gasteiger partial charge is 0.444 e. The molecule has 2 heterocycles. The number of amides is 1. The Bertz CT molecular complexity index is 405. The lowest BCUT2D eigenvalue weighted by molar-refractivity contribution is -0.126. The van der Waals surface area contributed by atoms with Gasteiger partial charge in [0.2, 0.25) is 0 Å². The van der Waals surface area contributed by atoms with Crippen molar-refractivity contribution in [1.82, 2.24) is 5.32 Å². The first kappa shape index (κ1) is 16.2. The van der Waals surface area contributed by atoms with Gasteiger partial charge in [0.05, 0.1) is 18.8 Å². The van der Waals surface area contributed by atoms with Crippen molar-refractivity contribution in [3.8, 4) is 0 Å². The number of hydrogen-bond acceptors (Lipinski definition) is 5. The van der Waals surface area contributed by atoms with Crippen LogP contribution in [0.2, 0.25) is 0 Å². The Morgan fingerprint density at radius 1 is 1.43 bits per heavy atom. The van der Waals surface area contributed by atoms with Gasteiger partial charge in [-0.15, -0.1) is 0 Å². The van der Waals surface area contributed by atoms with Gasteiger partial charge >= 0.3 is 6.09 Å². The average Bonchev–Trinajstić information content (AvgIpc) is 2.88. The highest BCUT2D eigenvalue weighted by Crippen LogP contribution is 2.30. The van der Waals surface area contributed by atoms with Gasteiger partial charge in [0.25, 0.3) is 0 Å². The number of epoxide rings is 1. The molecule has 0 aromatic rings. The summed E-state index contributed by atoms with van der Waals surface area (Å²) in [6.07, 6.45) is 1.81. The number of Topliss-reactive ketones (excluding diaryl/α,β-unsaturated/α-hetero) is 1. The van der Waals surface area contributed by atoms with E-state index in [1.54, 1.807) is 27.7 Å². The summed E-state index contributed by atoms with van der Waals surface area (Å²) >= 11 is 0. The number of ether oxygens (including phenoxy) is 3. The van der Waals surface area contributed by atoms with Crippen LogP contribution in [-0.4, -0.2) is 48.4 Å². The summed E-state index contributed by atoms with van der Waals surface area (Å²) in [5.41, 5.74) is -1.36. The molecule has 0 unspecified atom stereocenters. The van der Waals surface area contributed by atoms with E-state index in [4.69, 9.17) is 14.2 Å². The molecule has 1 N–H and O–H groups in total. The Morgan fingerprint density at radius 3 is 2.57 bits per heavy atom. The molecule has 0 aliphatic carbocycles. The quantitative estimate of drug-likeness (QED) is 0.783. The summed E-state index contributed by atoms with van der Waals surface area (Å²) in [5, 5.41) is 2.68. The molecule has 6 heteroatoms. The van der Waals surface area contributed by atoms with E-state index in [1.807, 2.05) is 0 Å². The van der Waals surface area contributed by atoms with E-state index >= 15 is 0 Å². The van der Waals surface area contributed by atoms with Gasteiger partial charge < -0.3 is 19.5 Å². The van der Waals surface area contributed by atoms with Crippen molar-refractivity contribution < 1.29 is 23.8 Å². The monoisotopic (exact) mass is 299 g/mol. The molecule has 0 saturated carbocycles. The van der Waals surface area contributed by atoms with Crippen LogP contribution in [0.15, 0.2) is 0 Å². The highest BCUT2D eigenvalue weighted by molar-refractivity contribution is 5.95. The molecule has 2 aliphatic heterocycles. The molecule has 2 aliphatic rings. The number of rotatable bonds is 5. The van der Waals surface area contributed by atoms with E-state index in [0.717, 1.165) is 12.8 Å². The lowest BCUT2D eigenvalue weighted by atomic mass is 9.95. The van der Waals surface area contributed by atoms with Gasteiger partial charge in [-0.2, -0.15) is 0 Å². The van der Waals surface area contributed by atoms with Gasteiger partial charge in [-0.1, -0.05) is 0 Å². The molecule has 0 spiro atoms. The molecule has 2 fully saturated rings. The van der Waals surface area contributed by atoms with Crippen molar-refractivity contribution in [2.45, 2.75) is 70.3 Å². The van der Waals surface area contributed by atoms with E-state index < -0.39 is 23.3 Å². The van der Waals surface area contributed by atoms with Gasteiger partial charge in [-0.3, -0.25) is 4.79 Å². The summed E-state index contributed by atoms with van der Waals surface area (Å²) in [6, 6.07) is -0.629. The Morgan fingerprint density at radius 2 is 2.10 bits per heavy atom. The van der Waals surface area contributed by atoms with Crippen LogP contribution in [0.4, 0.5) is 4.79 Å². The number of carbonyl (C=O) groups excluding carboxylic acids is 2. The summed E-state index contributed by atoms with van der Waals surface area (Å²) in [6.45, 7) is 8.22. The summed E-state index contributed by atoms with van der Waals surface area (Å²) < 4.78 is 16.0. The van der Waals surface area contributed by atoms with E-state index in [9.17, 15) is 9.59 Å². The molecule has 1 amide bonds. The van der Waals surface area contributed by atoms with Crippen LogP contribution < -0.4 is 5.32 Å². The van der Waals surface area contributed by atoms with Crippen molar-refractivity contribution in [2.75, 3.05) is 13.2 Å². The molecule has 0 aromatic carbocycles. The van der Waals surface area contributed by atoms with E-state index in [0.29, 0.717) is 19.6 Å². The first-order chi connectivity index (χ1) is 9.70. The van der Waals surface area contributed by atoms with Gasteiger partial charge in [0.15, 0.2) is 5.78 Å². The van der Waals surface area contributed by atoms with Crippen LogP contribution in [0.25, 0.3) is 0 Å². The Labute approximate surface area is 125 Å². The number of alkyl carbamates (subject to hydrolysis) is 1. The summed E-state index contributed by atoms with van der Waals surface area (Å²) in [4.78, 5) is 24.4. The van der Waals surface area contributed by atoms with Gasteiger partial charge in [0, 0.05) is 13.0 Å². The zero-order valence-corrected chi connectivity index (χ0v) is 13.2. The lowest BCUT2D eigenvalue weighted by Crippen LogP contribution is -2.49. The van der Waals surface area contributed by atoms with E-state index in [2.05, 4.69) is 5.32 Å². The number of nitrogens with one attached hydrogen (secondary N) is 1.